The molecule has 144 valence electrons. The quantitative estimate of drug-likeness (QED) is 0.483. The molecule has 0 aliphatic heterocycles. The summed E-state index contributed by atoms with van der Waals surface area (Å²) in [4.78, 5) is 12.5. The number of rotatable bonds is 6. The molecule has 0 aliphatic carbocycles. The van der Waals surface area contributed by atoms with Gasteiger partial charge in [-0.2, -0.15) is 0 Å². The summed E-state index contributed by atoms with van der Waals surface area (Å²) in [6.45, 7) is 0.353. The summed E-state index contributed by atoms with van der Waals surface area (Å²) in [5.41, 5.74) is 2.22. The summed E-state index contributed by atoms with van der Waals surface area (Å²) in [5.74, 6) is 0. The first-order chi connectivity index (χ1) is 13.5. The molecule has 0 aliphatic rings. The van der Waals surface area contributed by atoms with Crippen LogP contribution in [0.15, 0.2) is 77.7 Å². The van der Waals surface area contributed by atoms with Crippen LogP contribution in [-0.4, -0.2) is 10.2 Å². The second kappa shape index (κ2) is 9.59. The lowest BCUT2D eigenvalue weighted by atomic mass is 10.2. The van der Waals surface area contributed by atoms with Crippen molar-refractivity contribution in [3.05, 3.63) is 88.4 Å². The van der Waals surface area contributed by atoms with Gasteiger partial charge in [0.15, 0.2) is 0 Å². The van der Waals surface area contributed by atoms with E-state index in [-0.39, 0.29) is 6.03 Å². The highest BCUT2D eigenvalue weighted by atomic mass is 35.5. The van der Waals surface area contributed by atoms with Gasteiger partial charge >= 0.3 is 6.03 Å². The minimum atomic E-state index is -1.45. The molecule has 0 saturated carbocycles. The Hall–Kier alpha value is -2.54. The summed E-state index contributed by atoms with van der Waals surface area (Å²) in [6, 6.07) is 21.0. The standard InChI is InChI=1S/C20H17Cl2N3O2S/c21-18-11-8-16(12-19(18)22)25-28(27)17-9-6-14(7-10-17)13-23-20(26)24-15-4-2-1-3-5-15/h1-12,25H,13H2,(H2,23,24,26). The lowest BCUT2D eigenvalue weighted by molar-refractivity contribution is 0.251. The molecule has 2 amide bonds. The molecule has 3 rings (SSSR count). The van der Waals surface area contributed by atoms with Gasteiger partial charge in [0.05, 0.1) is 14.9 Å². The van der Waals surface area contributed by atoms with Crippen LogP contribution in [0, 0.1) is 0 Å². The molecule has 3 aromatic rings. The Morgan fingerprint density at radius 2 is 1.57 bits per heavy atom. The van der Waals surface area contributed by atoms with Crippen LogP contribution in [0.1, 0.15) is 5.56 Å². The van der Waals surface area contributed by atoms with Gasteiger partial charge in [-0.05, 0) is 48.0 Å². The maximum absolute atomic E-state index is 12.4. The Morgan fingerprint density at radius 1 is 0.857 bits per heavy atom. The van der Waals surface area contributed by atoms with E-state index in [1.807, 2.05) is 42.5 Å². The Labute approximate surface area is 175 Å². The van der Waals surface area contributed by atoms with Crippen molar-refractivity contribution in [1.82, 2.24) is 5.32 Å². The van der Waals surface area contributed by atoms with E-state index in [2.05, 4.69) is 15.4 Å². The first kappa shape index (κ1) is 20.2. The number of para-hydroxylation sites is 1. The average Bonchev–Trinajstić information content (AvgIpc) is 2.70. The van der Waals surface area contributed by atoms with E-state index in [0.717, 1.165) is 11.3 Å². The van der Waals surface area contributed by atoms with Gasteiger partial charge in [0.1, 0.15) is 11.0 Å². The third kappa shape index (κ3) is 5.73. The normalized spacial score (nSPS) is 11.5. The molecular formula is C20H17Cl2N3O2S. The van der Waals surface area contributed by atoms with E-state index in [4.69, 9.17) is 23.2 Å². The molecule has 0 heterocycles. The van der Waals surface area contributed by atoms with Crippen molar-refractivity contribution < 1.29 is 9.00 Å². The highest BCUT2D eigenvalue weighted by Crippen LogP contribution is 2.25. The van der Waals surface area contributed by atoms with Crippen molar-refractivity contribution >= 4 is 51.6 Å². The lowest BCUT2D eigenvalue weighted by Gasteiger charge is -2.09. The van der Waals surface area contributed by atoms with Gasteiger partial charge in [-0.1, -0.05) is 53.5 Å². The number of amides is 2. The Bertz CT molecular complexity index is 983. The summed E-state index contributed by atoms with van der Waals surface area (Å²) >= 11 is 11.8. The van der Waals surface area contributed by atoms with Crippen LogP contribution in [0.3, 0.4) is 0 Å². The van der Waals surface area contributed by atoms with Crippen LogP contribution in [0.5, 0.6) is 0 Å². The van der Waals surface area contributed by atoms with Crippen molar-refractivity contribution in [2.24, 2.45) is 0 Å². The van der Waals surface area contributed by atoms with Crippen molar-refractivity contribution in [1.29, 1.82) is 0 Å². The minimum Gasteiger partial charge on any atom is -0.334 e. The molecule has 0 spiro atoms. The number of halogens is 2. The molecule has 5 nitrogen and oxygen atoms in total. The molecule has 8 heteroatoms. The molecular weight excluding hydrogens is 417 g/mol. The summed E-state index contributed by atoms with van der Waals surface area (Å²) < 4.78 is 15.3. The largest absolute Gasteiger partial charge is 0.334 e. The van der Waals surface area contributed by atoms with E-state index >= 15 is 0 Å². The van der Waals surface area contributed by atoms with Crippen LogP contribution in [0.25, 0.3) is 0 Å². The van der Waals surface area contributed by atoms with Gasteiger partial charge in [0.2, 0.25) is 0 Å². The molecule has 1 atom stereocenters. The second-order valence-corrected chi connectivity index (χ2v) is 7.84. The molecule has 0 aromatic heterocycles. The Morgan fingerprint density at radius 3 is 2.25 bits per heavy atom. The summed E-state index contributed by atoms with van der Waals surface area (Å²) in [6.07, 6.45) is 0. The maximum Gasteiger partial charge on any atom is 0.319 e. The SMILES string of the molecule is O=C(NCc1ccc(S(=O)Nc2ccc(Cl)c(Cl)c2)cc1)Nc1ccccc1. The zero-order chi connectivity index (χ0) is 19.9. The highest BCUT2D eigenvalue weighted by molar-refractivity contribution is 7.86. The number of carbonyl (C=O) groups is 1. The first-order valence-electron chi connectivity index (χ1n) is 8.33. The fraction of sp³-hybridized carbons (Fsp3) is 0.0500. The molecule has 1 unspecified atom stereocenters. The van der Waals surface area contributed by atoms with E-state index in [1.54, 1.807) is 30.3 Å². The third-order valence-corrected chi connectivity index (χ3v) is 5.61. The van der Waals surface area contributed by atoms with Crippen LogP contribution in [0.2, 0.25) is 10.0 Å². The smallest absolute Gasteiger partial charge is 0.319 e. The predicted molar refractivity (Wildman–Crippen MR) is 115 cm³/mol. The van der Waals surface area contributed by atoms with Crippen LogP contribution in [-0.2, 0) is 17.5 Å². The van der Waals surface area contributed by atoms with Crippen molar-refractivity contribution in [2.75, 3.05) is 10.0 Å². The van der Waals surface area contributed by atoms with E-state index in [9.17, 15) is 9.00 Å². The van der Waals surface area contributed by atoms with Gasteiger partial charge in [0, 0.05) is 17.9 Å². The van der Waals surface area contributed by atoms with Crippen molar-refractivity contribution in [2.45, 2.75) is 11.4 Å². The number of hydrogen-bond donors (Lipinski definition) is 3. The zero-order valence-electron chi connectivity index (χ0n) is 14.6. The monoisotopic (exact) mass is 433 g/mol. The van der Waals surface area contributed by atoms with E-state index < -0.39 is 11.0 Å². The number of urea groups is 1. The first-order valence-corrected chi connectivity index (χ1v) is 10.2. The average molecular weight is 434 g/mol. The fourth-order valence-electron chi connectivity index (χ4n) is 2.34. The molecule has 3 aromatic carbocycles. The van der Waals surface area contributed by atoms with Gasteiger partial charge in [0.25, 0.3) is 0 Å². The van der Waals surface area contributed by atoms with E-state index in [0.29, 0.717) is 27.2 Å². The maximum atomic E-state index is 12.4. The van der Waals surface area contributed by atoms with Crippen molar-refractivity contribution in [3.63, 3.8) is 0 Å². The number of hydrogen-bond acceptors (Lipinski definition) is 2. The van der Waals surface area contributed by atoms with Gasteiger partial charge in [-0.25, -0.2) is 9.00 Å². The van der Waals surface area contributed by atoms with Gasteiger partial charge in [-0.3, -0.25) is 0 Å². The number of benzene rings is 3. The fourth-order valence-corrected chi connectivity index (χ4v) is 3.48. The molecule has 3 N–H and O–H groups in total. The predicted octanol–water partition coefficient (Wildman–Crippen LogP) is 5.45. The minimum absolute atomic E-state index is 0.292. The topological polar surface area (TPSA) is 70.2 Å². The summed E-state index contributed by atoms with van der Waals surface area (Å²) in [5, 5.41) is 6.35. The number of anilines is 2. The molecule has 0 saturated heterocycles. The number of carbonyl (C=O) groups excluding carboxylic acids is 1. The Balaban J connectivity index is 1.53. The zero-order valence-corrected chi connectivity index (χ0v) is 16.9. The van der Waals surface area contributed by atoms with Gasteiger partial charge in [-0.15, -0.1) is 0 Å². The van der Waals surface area contributed by atoms with Gasteiger partial charge < -0.3 is 15.4 Å². The number of nitrogens with one attached hydrogen (secondary N) is 3. The third-order valence-electron chi connectivity index (χ3n) is 3.75. The van der Waals surface area contributed by atoms with Crippen LogP contribution < -0.4 is 15.4 Å². The lowest BCUT2D eigenvalue weighted by Crippen LogP contribution is -2.28. The highest BCUT2D eigenvalue weighted by Gasteiger charge is 2.07. The summed E-state index contributed by atoms with van der Waals surface area (Å²) in [7, 11) is -1.45. The molecule has 0 radical (unpaired) electrons. The molecule has 0 bridgehead atoms. The van der Waals surface area contributed by atoms with Crippen LogP contribution >= 0.6 is 23.2 Å². The molecule has 28 heavy (non-hydrogen) atoms. The Kier molecular flexibility index (Phi) is 6.92. The second-order valence-electron chi connectivity index (χ2n) is 5.82. The van der Waals surface area contributed by atoms with Crippen molar-refractivity contribution in [3.8, 4) is 0 Å². The molecule has 0 fully saturated rings. The van der Waals surface area contributed by atoms with Crippen LogP contribution in [0.4, 0.5) is 16.2 Å². The van der Waals surface area contributed by atoms with E-state index in [1.165, 1.54) is 0 Å².